The van der Waals surface area contributed by atoms with Crippen molar-refractivity contribution >= 4 is 23.3 Å². The van der Waals surface area contributed by atoms with Gasteiger partial charge in [0.2, 0.25) is 0 Å². The Kier molecular flexibility index (Phi) is 5.30. The topological polar surface area (TPSA) is 60.8 Å². The van der Waals surface area contributed by atoms with Gasteiger partial charge in [0.1, 0.15) is 0 Å². The van der Waals surface area contributed by atoms with E-state index in [1.54, 1.807) is 0 Å². The molecule has 18 heavy (non-hydrogen) atoms. The second-order valence-electron chi connectivity index (χ2n) is 3.53. The Morgan fingerprint density at radius 1 is 1.44 bits per heavy atom. The zero-order valence-electron chi connectivity index (χ0n) is 9.31. The lowest BCUT2D eigenvalue weighted by atomic mass is 10.1. The van der Waals surface area contributed by atoms with Crippen LogP contribution in [0.4, 0.5) is 14.5 Å². The summed E-state index contributed by atoms with van der Waals surface area (Å²) in [5.74, 6) is -1.26. The summed E-state index contributed by atoms with van der Waals surface area (Å²) in [6.07, 6.45) is -2.63. The fraction of sp³-hybridized carbons (Fsp3) is 0.364. The molecule has 0 saturated heterocycles. The molecule has 0 unspecified atom stereocenters. The number of carbonyl (C=O) groups is 1. The molecule has 4 nitrogen and oxygen atoms in total. The molecule has 0 radical (unpaired) electrons. The first-order valence-electron chi connectivity index (χ1n) is 5.12. The van der Waals surface area contributed by atoms with Crippen LogP contribution in [0.15, 0.2) is 18.2 Å². The molecule has 0 fully saturated rings. The molecule has 0 atom stereocenters. The summed E-state index contributed by atoms with van der Waals surface area (Å²) in [5.41, 5.74) is -0.0575. The Morgan fingerprint density at radius 2 is 2.11 bits per heavy atom. The lowest BCUT2D eigenvalue weighted by molar-refractivity contribution is 0.0696. The maximum Gasteiger partial charge on any atom is 0.337 e. The zero-order chi connectivity index (χ0) is 13.7. The van der Waals surface area contributed by atoms with Crippen LogP contribution < -0.4 is 4.90 Å². The number of carboxylic acid groups (broad SMARTS) is 1. The predicted octanol–water partition coefficient (Wildman–Crippen LogP) is 2.10. The smallest absolute Gasteiger partial charge is 0.337 e. The summed E-state index contributed by atoms with van der Waals surface area (Å²) in [5, 5.41) is 18.0. The van der Waals surface area contributed by atoms with Gasteiger partial charge in [-0.3, -0.25) is 0 Å². The van der Waals surface area contributed by atoms with Crippen molar-refractivity contribution in [2.45, 2.75) is 6.43 Å². The van der Waals surface area contributed by atoms with Gasteiger partial charge >= 0.3 is 5.97 Å². The number of hydrogen-bond donors (Lipinski definition) is 2. The van der Waals surface area contributed by atoms with Crippen LogP contribution in [0.1, 0.15) is 10.4 Å². The van der Waals surface area contributed by atoms with Gasteiger partial charge in [0.15, 0.2) is 0 Å². The second-order valence-corrected chi connectivity index (χ2v) is 3.96. The third-order valence-electron chi connectivity index (χ3n) is 2.26. The highest BCUT2D eigenvalue weighted by atomic mass is 35.5. The number of aliphatic hydroxyl groups is 1. The number of anilines is 1. The van der Waals surface area contributed by atoms with Crippen molar-refractivity contribution in [1.29, 1.82) is 0 Å². The average molecular weight is 280 g/mol. The maximum absolute atomic E-state index is 12.4. The number of aliphatic hydroxyl groups excluding tert-OH is 1. The average Bonchev–Trinajstić information content (AvgIpc) is 2.27. The van der Waals surface area contributed by atoms with Crippen molar-refractivity contribution in [3.05, 3.63) is 28.8 Å². The maximum atomic E-state index is 12.4. The van der Waals surface area contributed by atoms with E-state index in [0.717, 1.165) is 4.90 Å². The number of halogens is 3. The largest absolute Gasteiger partial charge is 0.478 e. The van der Waals surface area contributed by atoms with E-state index in [9.17, 15) is 13.6 Å². The summed E-state index contributed by atoms with van der Waals surface area (Å²) in [6.45, 7) is -1.08. The number of hydrogen-bond acceptors (Lipinski definition) is 3. The van der Waals surface area contributed by atoms with Crippen molar-refractivity contribution in [2.24, 2.45) is 0 Å². The number of nitrogens with zero attached hydrogens (tertiary/aromatic N) is 1. The lowest BCUT2D eigenvalue weighted by Crippen LogP contribution is -2.32. The molecular weight excluding hydrogens is 268 g/mol. The molecule has 1 rings (SSSR count). The Balaban J connectivity index is 3.13. The first kappa shape index (κ1) is 14.7. The minimum absolute atomic E-state index is 0.0771. The van der Waals surface area contributed by atoms with E-state index in [0.29, 0.717) is 0 Å². The van der Waals surface area contributed by atoms with Crippen LogP contribution in [0.5, 0.6) is 0 Å². The van der Waals surface area contributed by atoms with E-state index >= 15 is 0 Å². The van der Waals surface area contributed by atoms with Crippen molar-refractivity contribution < 1.29 is 23.8 Å². The van der Waals surface area contributed by atoms with Crippen LogP contribution in [-0.4, -0.2) is 42.3 Å². The minimum atomic E-state index is -2.63. The molecule has 0 aromatic heterocycles. The molecular formula is C11H12ClF2NO3. The van der Waals surface area contributed by atoms with Gasteiger partial charge in [-0.15, -0.1) is 0 Å². The number of alkyl halides is 2. The quantitative estimate of drug-likeness (QED) is 0.837. The predicted molar refractivity (Wildman–Crippen MR) is 63.7 cm³/mol. The summed E-state index contributed by atoms with van der Waals surface area (Å²) >= 11 is 5.67. The van der Waals surface area contributed by atoms with Crippen LogP contribution in [0.3, 0.4) is 0 Å². The Morgan fingerprint density at radius 3 is 2.61 bits per heavy atom. The first-order valence-corrected chi connectivity index (χ1v) is 5.50. The molecule has 1 aromatic carbocycles. The van der Waals surface area contributed by atoms with Gasteiger partial charge in [0, 0.05) is 11.6 Å². The highest BCUT2D eigenvalue weighted by Gasteiger charge is 2.19. The van der Waals surface area contributed by atoms with Gasteiger partial charge < -0.3 is 15.1 Å². The Hall–Kier alpha value is -1.40. The highest BCUT2D eigenvalue weighted by Crippen LogP contribution is 2.25. The van der Waals surface area contributed by atoms with Crippen LogP contribution in [0.25, 0.3) is 0 Å². The lowest BCUT2D eigenvalue weighted by Gasteiger charge is -2.25. The SMILES string of the molecule is O=C(O)c1cc(Cl)ccc1N(CCO)CC(F)F. The van der Waals surface area contributed by atoms with Gasteiger partial charge in [-0.05, 0) is 18.2 Å². The van der Waals surface area contributed by atoms with E-state index in [4.69, 9.17) is 21.8 Å². The van der Waals surface area contributed by atoms with E-state index in [1.807, 2.05) is 0 Å². The van der Waals surface area contributed by atoms with Crippen LogP contribution >= 0.6 is 11.6 Å². The van der Waals surface area contributed by atoms with Gasteiger partial charge in [-0.2, -0.15) is 0 Å². The Bertz CT molecular complexity index is 429. The van der Waals surface area contributed by atoms with Gasteiger partial charge in [-0.25, -0.2) is 13.6 Å². The van der Waals surface area contributed by atoms with Crippen molar-refractivity contribution in [1.82, 2.24) is 0 Å². The fourth-order valence-corrected chi connectivity index (χ4v) is 1.72. The molecule has 7 heteroatoms. The summed E-state index contributed by atoms with van der Waals surface area (Å²) < 4.78 is 24.8. The molecule has 0 saturated carbocycles. The normalized spacial score (nSPS) is 10.7. The number of aromatic carboxylic acids is 1. The monoisotopic (exact) mass is 279 g/mol. The van der Waals surface area contributed by atoms with Gasteiger partial charge in [0.05, 0.1) is 24.4 Å². The van der Waals surface area contributed by atoms with E-state index in [1.165, 1.54) is 18.2 Å². The van der Waals surface area contributed by atoms with Gasteiger partial charge in [-0.1, -0.05) is 11.6 Å². The van der Waals surface area contributed by atoms with Crippen LogP contribution in [0, 0.1) is 0 Å². The molecule has 0 amide bonds. The fourth-order valence-electron chi connectivity index (χ4n) is 1.55. The van der Waals surface area contributed by atoms with Crippen molar-refractivity contribution in [3.8, 4) is 0 Å². The molecule has 0 bridgehead atoms. The molecule has 100 valence electrons. The molecule has 0 aliphatic rings. The second kappa shape index (κ2) is 6.51. The van der Waals surface area contributed by atoms with Crippen LogP contribution in [-0.2, 0) is 0 Å². The van der Waals surface area contributed by atoms with E-state index < -0.39 is 18.9 Å². The number of carboxylic acids is 1. The minimum Gasteiger partial charge on any atom is -0.478 e. The summed E-state index contributed by atoms with van der Waals surface area (Å²) in [7, 11) is 0. The van der Waals surface area contributed by atoms with E-state index in [-0.39, 0.29) is 29.4 Å². The zero-order valence-corrected chi connectivity index (χ0v) is 10.1. The number of benzene rings is 1. The molecule has 0 spiro atoms. The molecule has 2 N–H and O–H groups in total. The molecule has 1 aromatic rings. The standard InChI is InChI=1S/C11H12ClF2NO3/c12-7-1-2-9(8(5-7)11(17)18)15(3-4-16)6-10(13)14/h1-2,5,10,16H,3-4,6H2,(H,17,18). The van der Waals surface area contributed by atoms with Gasteiger partial charge in [0.25, 0.3) is 6.43 Å². The summed E-state index contributed by atoms with van der Waals surface area (Å²) in [6, 6.07) is 3.96. The molecule has 0 aliphatic heterocycles. The van der Waals surface area contributed by atoms with Crippen molar-refractivity contribution in [2.75, 3.05) is 24.6 Å². The van der Waals surface area contributed by atoms with Crippen molar-refractivity contribution in [3.63, 3.8) is 0 Å². The Labute approximate surface area is 107 Å². The van der Waals surface area contributed by atoms with E-state index in [2.05, 4.69) is 0 Å². The summed E-state index contributed by atoms with van der Waals surface area (Å²) in [4.78, 5) is 12.1. The van der Waals surface area contributed by atoms with Crippen LogP contribution in [0.2, 0.25) is 5.02 Å². The molecule has 0 heterocycles. The third-order valence-corrected chi connectivity index (χ3v) is 2.49. The first-order chi connectivity index (χ1) is 8.45. The third kappa shape index (κ3) is 3.82. The highest BCUT2D eigenvalue weighted by molar-refractivity contribution is 6.31. The number of rotatable bonds is 6. The molecule has 0 aliphatic carbocycles.